The fraction of sp³-hybridized carbons (Fsp3) is 0.500. The summed E-state index contributed by atoms with van der Waals surface area (Å²) in [7, 11) is 0. The largest absolute Gasteiger partial charge is 0.480 e. The highest BCUT2D eigenvalue weighted by atomic mass is 16.4. The number of aliphatic carboxylic acids is 1. The van der Waals surface area contributed by atoms with E-state index in [1.54, 1.807) is 0 Å². The van der Waals surface area contributed by atoms with Crippen molar-refractivity contribution in [3.05, 3.63) is 35.9 Å². The van der Waals surface area contributed by atoms with Crippen LogP contribution >= 0.6 is 0 Å². The lowest BCUT2D eigenvalue weighted by Gasteiger charge is -2.24. The maximum atomic E-state index is 12.9. The van der Waals surface area contributed by atoms with Crippen LogP contribution in [-0.2, 0) is 25.6 Å². The summed E-state index contributed by atoms with van der Waals surface area (Å²) in [6.07, 6.45) is 0.534. The van der Waals surface area contributed by atoms with E-state index in [4.69, 9.17) is 10.8 Å². The summed E-state index contributed by atoms with van der Waals surface area (Å²) in [5.41, 5.74) is 6.42. The van der Waals surface area contributed by atoms with E-state index in [1.165, 1.54) is 6.92 Å². The Balaban J connectivity index is 2.95. The smallest absolute Gasteiger partial charge is 0.322 e. The zero-order valence-electron chi connectivity index (χ0n) is 17.0. The van der Waals surface area contributed by atoms with Gasteiger partial charge in [-0.25, -0.2) is 0 Å². The van der Waals surface area contributed by atoms with Crippen molar-refractivity contribution in [1.82, 2.24) is 16.0 Å². The maximum absolute atomic E-state index is 12.9. The van der Waals surface area contributed by atoms with E-state index in [0.717, 1.165) is 5.56 Å². The SMILES string of the molecule is CC(C)C[C@H](NC(=O)[C@H](Cc1ccccc1)NC(=O)[C@H](C)N)C(=O)NCC(=O)O. The van der Waals surface area contributed by atoms with Gasteiger partial charge >= 0.3 is 5.97 Å². The van der Waals surface area contributed by atoms with Crippen molar-refractivity contribution in [2.24, 2.45) is 11.7 Å². The van der Waals surface area contributed by atoms with Crippen molar-refractivity contribution in [2.45, 2.75) is 51.7 Å². The Morgan fingerprint density at radius 1 is 0.931 bits per heavy atom. The number of benzene rings is 1. The van der Waals surface area contributed by atoms with Gasteiger partial charge in [-0.15, -0.1) is 0 Å². The van der Waals surface area contributed by atoms with Gasteiger partial charge in [0.15, 0.2) is 0 Å². The number of rotatable bonds is 11. The first kappa shape index (κ1) is 24.1. The van der Waals surface area contributed by atoms with Gasteiger partial charge in [0.05, 0.1) is 6.04 Å². The fourth-order valence-electron chi connectivity index (χ4n) is 2.62. The highest BCUT2D eigenvalue weighted by Crippen LogP contribution is 2.08. The topological polar surface area (TPSA) is 151 Å². The van der Waals surface area contributed by atoms with E-state index >= 15 is 0 Å². The van der Waals surface area contributed by atoms with Gasteiger partial charge in [-0.3, -0.25) is 19.2 Å². The minimum atomic E-state index is -1.18. The number of carbonyl (C=O) groups is 4. The molecule has 3 amide bonds. The molecule has 0 aromatic heterocycles. The Labute approximate surface area is 170 Å². The number of amides is 3. The molecular weight excluding hydrogens is 376 g/mol. The molecule has 0 saturated carbocycles. The molecule has 0 aliphatic rings. The van der Waals surface area contributed by atoms with Gasteiger partial charge in [-0.1, -0.05) is 44.2 Å². The van der Waals surface area contributed by atoms with E-state index in [9.17, 15) is 19.2 Å². The van der Waals surface area contributed by atoms with Crippen molar-refractivity contribution in [3.8, 4) is 0 Å². The molecule has 1 rings (SSSR count). The van der Waals surface area contributed by atoms with E-state index in [-0.39, 0.29) is 12.3 Å². The average molecular weight is 406 g/mol. The molecule has 9 heteroatoms. The normalized spacial score (nSPS) is 13.8. The molecule has 160 valence electrons. The second kappa shape index (κ2) is 11.8. The van der Waals surface area contributed by atoms with E-state index < -0.39 is 48.4 Å². The van der Waals surface area contributed by atoms with Crippen LogP contribution in [0, 0.1) is 5.92 Å². The third-order valence-corrected chi connectivity index (χ3v) is 4.08. The number of nitrogens with two attached hydrogens (primary N) is 1. The molecule has 0 bridgehead atoms. The lowest BCUT2D eigenvalue weighted by Crippen LogP contribution is -2.56. The van der Waals surface area contributed by atoms with Crippen LogP contribution in [-0.4, -0.2) is 53.5 Å². The first-order chi connectivity index (χ1) is 13.6. The summed E-state index contributed by atoms with van der Waals surface area (Å²) in [5.74, 6) is -2.73. The predicted molar refractivity (Wildman–Crippen MR) is 108 cm³/mol. The van der Waals surface area contributed by atoms with Gasteiger partial charge in [0.2, 0.25) is 17.7 Å². The summed E-state index contributed by atoms with van der Waals surface area (Å²) in [6, 6.07) is 6.46. The summed E-state index contributed by atoms with van der Waals surface area (Å²) >= 11 is 0. The minimum Gasteiger partial charge on any atom is -0.480 e. The summed E-state index contributed by atoms with van der Waals surface area (Å²) in [4.78, 5) is 48.0. The second-order valence-electron chi connectivity index (χ2n) is 7.34. The van der Waals surface area contributed by atoms with Gasteiger partial charge in [-0.2, -0.15) is 0 Å². The summed E-state index contributed by atoms with van der Waals surface area (Å²) in [6.45, 7) is 4.72. The van der Waals surface area contributed by atoms with Crippen LogP contribution in [0.15, 0.2) is 30.3 Å². The third-order valence-electron chi connectivity index (χ3n) is 4.08. The van der Waals surface area contributed by atoms with Crippen molar-refractivity contribution in [1.29, 1.82) is 0 Å². The number of nitrogens with one attached hydrogen (secondary N) is 3. The van der Waals surface area contributed by atoms with Crippen molar-refractivity contribution >= 4 is 23.7 Å². The molecule has 0 fully saturated rings. The molecule has 6 N–H and O–H groups in total. The van der Waals surface area contributed by atoms with Crippen LogP contribution in [0.4, 0.5) is 0 Å². The Morgan fingerprint density at radius 3 is 2.03 bits per heavy atom. The summed E-state index contributed by atoms with van der Waals surface area (Å²) < 4.78 is 0. The second-order valence-corrected chi connectivity index (χ2v) is 7.34. The molecule has 1 aromatic carbocycles. The molecule has 0 unspecified atom stereocenters. The molecule has 29 heavy (non-hydrogen) atoms. The molecule has 0 saturated heterocycles. The maximum Gasteiger partial charge on any atom is 0.322 e. The summed E-state index contributed by atoms with van der Waals surface area (Å²) in [5, 5.41) is 16.3. The van der Waals surface area contributed by atoms with Gasteiger partial charge < -0.3 is 26.8 Å². The standard InChI is InChI=1S/C20H30N4O5/c1-12(2)9-15(19(28)22-11-17(25)26)24-20(29)16(23-18(27)13(3)21)10-14-7-5-4-6-8-14/h4-8,12-13,15-16H,9-11,21H2,1-3H3,(H,22,28)(H,23,27)(H,24,29)(H,25,26)/t13-,15-,16-/m0/s1. The molecule has 0 aliphatic carbocycles. The van der Waals surface area contributed by atoms with E-state index in [2.05, 4.69) is 16.0 Å². The Morgan fingerprint density at radius 2 is 1.52 bits per heavy atom. The van der Waals surface area contributed by atoms with Crippen LogP contribution in [0.5, 0.6) is 0 Å². The van der Waals surface area contributed by atoms with Crippen LogP contribution in [0.3, 0.4) is 0 Å². The molecule has 0 heterocycles. The molecule has 0 aliphatic heterocycles. The van der Waals surface area contributed by atoms with Crippen LogP contribution in [0.1, 0.15) is 32.8 Å². The van der Waals surface area contributed by atoms with Crippen molar-refractivity contribution < 1.29 is 24.3 Å². The number of carboxylic acid groups (broad SMARTS) is 1. The predicted octanol–water partition coefficient (Wildman–Crippen LogP) is -0.207. The lowest BCUT2D eigenvalue weighted by molar-refractivity contribution is -0.138. The molecule has 0 spiro atoms. The van der Waals surface area contributed by atoms with Crippen LogP contribution in [0.25, 0.3) is 0 Å². The lowest BCUT2D eigenvalue weighted by atomic mass is 10.0. The van der Waals surface area contributed by atoms with Crippen molar-refractivity contribution in [2.75, 3.05) is 6.54 Å². The highest BCUT2D eigenvalue weighted by molar-refractivity contribution is 5.93. The van der Waals surface area contributed by atoms with Gasteiger partial charge in [-0.05, 0) is 24.8 Å². The molecule has 1 aromatic rings. The Bertz CT molecular complexity index is 706. The zero-order valence-corrected chi connectivity index (χ0v) is 17.0. The third kappa shape index (κ3) is 9.20. The fourth-order valence-corrected chi connectivity index (χ4v) is 2.62. The molecule has 9 nitrogen and oxygen atoms in total. The number of hydrogen-bond acceptors (Lipinski definition) is 5. The quantitative estimate of drug-likeness (QED) is 0.343. The highest BCUT2D eigenvalue weighted by Gasteiger charge is 2.28. The monoisotopic (exact) mass is 406 g/mol. The minimum absolute atomic E-state index is 0.0714. The van der Waals surface area contributed by atoms with Crippen LogP contribution < -0.4 is 21.7 Å². The zero-order chi connectivity index (χ0) is 22.0. The van der Waals surface area contributed by atoms with Gasteiger partial charge in [0, 0.05) is 6.42 Å². The molecule has 3 atom stereocenters. The van der Waals surface area contributed by atoms with Gasteiger partial charge in [0.1, 0.15) is 18.6 Å². The molecule has 0 radical (unpaired) electrons. The average Bonchev–Trinajstić information content (AvgIpc) is 2.65. The van der Waals surface area contributed by atoms with E-state index in [1.807, 2.05) is 44.2 Å². The Kier molecular flexibility index (Phi) is 9.81. The van der Waals surface area contributed by atoms with Crippen molar-refractivity contribution in [3.63, 3.8) is 0 Å². The first-order valence-corrected chi connectivity index (χ1v) is 9.49. The van der Waals surface area contributed by atoms with Gasteiger partial charge in [0.25, 0.3) is 0 Å². The Hall–Kier alpha value is -2.94. The number of carboxylic acids is 1. The molecular formula is C20H30N4O5. The number of carbonyl (C=O) groups excluding carboxylic acids is 3. The van der Waals surface area contributed by atoms with Crippen LogP contribution in [0.2, 0.25) is 0 Å². The first-order valence-electron chi connectivity index (χ1n) is 9.49. The number of hydrogen-bond donors (Lipinski definition) is 5. The van der Waals surface area contributed by atoms with E-state index in [0.29, 0.717) is 6.42 Å².